The summed E-state index contributed by atoms with van der Waals surface area (Å²) in [5, 5.41) is 6.59. The summed E-state index contributed by atoms with van der Waals surface area (Å²) in [7, 11) is 3.14. The van der Waals surface area contributed by atoms with Crippen LogP contribution >= 0.6 is 23.2 Å². The van der Waals surface area contributed by atoms with Gasteiger partial charge in [-0.25, -0.2) is 4.79 Å². The summed E-state index contributed by atoms with van der Waals surface area (Å²) in [5.41, 5.74) is 1.69. The third-order valence-corrected chi connectivity index (χ3v) is 3.94. The lowest BCUT2D eigenvalue weighted by Gasteiger charge is -2.11. The third kappa shape index (κ3) is 4.94. The minimum absolute atomic E-state index is 0.296. The molecule has 2 aromatic carbocycles. The number of halogens is 2. The van der Waals surface area contributed by atoms with Gasteiger partial charge in [0.1, 0.15) is 0 Å². The second-order valence-corrected chi connectivity index (χ2v) is 5.80. The highest BCUT2D eigenvalue weighted by Gasteiger charge is 2.07. The molecule has 0 saturated carbocycles. The zero-order valence-electron chi connectivity index (χ0n) is 13.4. The van der Waals surface area contributed by atoms with Crippen LogP contribution in [0.5, 0.6) is 11.5 Å². The van der Waals surface area contributed by atoms with Gasteiger partial charge >= 0.3 is 6.03 Å². The number of hydrogen-bond donors (Lipinski definition) is 2. The van der Waals surface area contributed by atoms with E-state index in [1.165, 1.54) is 0 Å². The predicted molar refractivity (Wildman–Crippen MR) is 95.1 cm³/mol. The lowest BCUT2D eigenvalue weighted by molar-refractivity contribution is 0.240. The molecule has 0 saturated heterocycles. The maximum Gasteiger partial charge on any atom is 0.315 e. The quantitative estimate of drug-likeness (QED) is 0.809. The number of carbonyl (C=O) groups excluding carboxylic acids is 1. The summed E-state index contributed by atoms with van der Waals surface area (Å²) >= 11 is 11.9. The molecule has 0 aliphatic carbocycles. The molecule has 2 rings (SSSR count). The van der Waals surface area contributed by atoms with Gasteiger partial charge in [-0.3, -0.25) is 0 Å². The molecule has 7 heteroatoms. The Hall–Kier alpha value is -2.11. The third-order valence-electron chi connectivity index (χ3n) is 3.36. The molecule has 0 spiro atoms. The molecule has 5 nitrogen and oxygen atoms in total. The first-order chi connectivity index (χ1) is 11.5. The van der Waals surface area contributed by atoms with E-state index in [4.69, 9.17) is 32.7 Å². The number of methoxy groups -OCH3 is 2. The van der Waals surface area contributed by atoms with E-state index in [1.807, 2.05) is 12.1 Å². The maximum absolute atomic E-state index is 11.9. The Morgan fingerprint density at radius 3 is 2.33 bits per heavy atom. The number of nitrogens with one attached hydrogen (secondary N) is 2. The standard InChI is InChI=1S/C17H18Cl2N2O3/c1-23-15-6-3-11(7-16(15)24-2)9-20-17(22)21-10-12-4-5-13(18)8-14(12)19/h3-8H,9-10H2,1-2H3,(H2,20,21,22). The summed E-state index contributed by atoms with van der Waals surface area (Å²) in [6.45, 7) is 0.675. The van der Waals surface area contributed by atoms with E-state index in [2.05, 4.69) is 10.6 Å². The van der Waals surface area contributed by atoms with Crippen molar-refractivity contribution in [1.29, 1.82) is 0 Å². The average Bonchev–Trinajstić information content (AvgIpc) is 2.58. The Morgan fingerprint density at radius 2 is 1.67 bits per heavy atom. The topological polar surface area (TPSA) is 59.6 Å². The summed E-state index contributed by atoms with van der Waals surface area (Å²) in [6, 6.07) is 10.3. The predicted octanol–water partition coefficient (Wildman–Crippen LogP) is 4.01. The van der Waals surface area contributed by atoms with Crippen LogP contribution in [0.25, 0.3) is 0 Å². The Bertz CT molecular complexity index is 723. The molecule has 0 unspecified atom stereocenters. The molecule has 0 atom stereocenters. The van der Waals surface area contributed by atoms with Gasteiger partial charge in [0.15, 0.2) is 11.5 Å². The molecular formula is C17H18Cl2N2O3. The van der Waals surface area contributed by atoms with Gasteiger partial charge in [0.05, 0.1) is 14.2 Å². The molecule has 0 heterocycles. The van der Waals surface area contributed by atoms with Gasteiger partial charge in [-0.2, -0.15) is 0 Å². The van der Waals surface area contributed by atoms with Gasteiger partial charge in [0.25, 0.3) is 0 Å². The van der Waals surface area contributed by atoms with Crippen LogP contribution in [0.15, 0.2) is 36.4 Å². The van der Waals surface area contributed by atoms with Crippen molar-refractivity contribution in [2.45, 2.75) is 13.1 Å². The van der Waals surface area contributed by atoms with Crippen molar-refractivity contribution in [2.75, 3.05) is 14.2 Å². The zero-order valence-corrected chi connectivity index (χ0v) is 14.9. The second-order valence-electron chi connectivity index (χ2n) is 4.96. The van der Waals surface area contributed by atoms with E-state index < -0.39 is 0 Å². The molecule has 0 aromatic heterocycles. The van der Waals surface area contributed by atoms with Crippen LogP contribution in [0.1, 0.15) is 11.1 Å². The molecule has 2 aromatic rings. The summed E-state index contributed by atoms with van der Waals surface area (Å²) < 4.78 is 10.4. The molecule has 0 radical (unpaired) electrons. The van der Waals surface area contributed by atoms with E-state index in [0.717, 1.165) is 11.1 Å². The van der Waals surface area contributed by atoms with Crippen LogP contribution in [-0.2, 0) is 13.1 Å². The van der Waals surface area contributed by atoms with Crippen molar-refractivity contribution in [3.05, 3.63) is 57.6 Å². The fourth-order valence-corrected chi connectivity index (χ4v) is 2.55. The lowest BCUT2D eigenvalue weighted by atomic mass is 10.2. The van der Waals surface area contributed by atoms with E-state index in [1.54, 1.807) is 38.5 Å². The van der Waals surface area contributed by atoms with Crippen molar-refractivity contribution in [1.82, 2.24) is 10.6 Å². The lowest BCUT2D eigenvalue weighted by Crippen LogP contribution is -2.34. The van der Waals surface area contributed by atoms with Crippen molar-refractivity contribution in [2.24, 2.45) is 0 Å². The fourth-order valence-electron chi connectivity index (χ4n) is 2.08. The van der Waals surface area contributed by atoms with E-state index >= 15 is 0 Å². The molecule has 0 fully saturated rings. The summed E-state index contributed by atoms with van der Waals surface area (Å²) in [6.07, 6.45) is 0. The van der Waals surface area contributed by atoms with Crippen LogP contribution in [0, 0.1) is 0 Å². The molecule has 2 amide bonds. The van der Waals surface area contributed by atoms with Gasteiger partial charge in [0.2, 0.25) is 0 Å². The van der Waals surface area contributed by atoms with E-state index in [-0.39, 0.29) is 6.03 Å². The molecule has 24 heavy (non-hydrogen) atoms. The highest BCUT2D eigenvalue weighted by atomic mass is 35.5. The van der Waals surface area contributed by atoms with Crippen molar-refractivity contribution >= 4 is 29.2 Å². The van der Waals surface area contributed by atoms with E-state index in [0.29, 0.717) is 34.6 Å². The van der Waals surface area contributed by atoms with Crippen LogP contribution in [-0.4, -0.2) is 20.3 Å². The van der Waals surface area contributed by atoms with Gasteiger partial charge in [-0.05, 0) is 35.4 Å². The second kappa shape index (κ2) is 8.66. The van der Waals surface area contributed by atoms with Crippen LogP contribution in [0.2, 0.25) is 10.0 Å². The molecule has 2 N–H and O–H groups in total. The van der Waals surface area contributed by atoms with Gasteiger partial charge < -0.3 is 20.1 Å². The van der Waals surface area contributed by atoms with E-state index in [9.17, 15) is 4.79 Å². The first kappa shape index (κ1) is 18.2. The maximum atomic E-state index is 11.9. The Kier molecular flexibility index (Phi) is 6.58. The Morgan fingerprint density at radius 1 is 0.958 bits per heavy atom. The Labute approximate surface area is 150 Å². The molecule has 0 aliphatic heterocycles. The van der Waals surface area contributed by atoms with Crippen LogP contribution < -0.4 is 20.1 Å². The van der Waals surface area contributed by atoms with Crippen molar-refractivity contribution < 1.29 is 14.3 Å². The minimum Gasteiger partial charge on any atom is -0.493 e. The largest absolute Gasteiger partial charge is 0.493 e. The van der Waals surface area contributed by atoms with Crippen molar-refractivity contribution in [3.8, 4) is 11.5 Å². The molecule has 0 bridgehead atoms. The Balaban J connectivity index is 1.87. The average molecular weight is 369 g/mol. The number of urea groups is 1. The normalized spacial score (nSPS) is 10.2. The van der Waals surface area contributed by atoms with Crippen molar-refractivity contribution in [3.63, 3.8) is 0 Å². The fraction of sp³-hybridized carbons (Fsp3) is 0.235. The van der Waals surface area contributed by atoms with Gasteiger partial charge in [-0.15, -0.1) is 0 Å². The minimum atomic E-state index is -0.296. The number of hydrogen-bond acceptors (Lipinski definition) is 3. The smallest absolute Gasteiger partial charge is 0.315 e. The summed E-state index contributed by atoms with van der Waals surface area (Å²) in [5.74, 6) is 1.26. The summed E-state index contributed by atoms with van der Waals surface area (Å²) in [4.78, 5) is 11.9. The zero-order chi connectivity index (χ0) is 17.5. The van der Waals surface area contributed by atoms with Crippen LogP contribution in [0.3, 0.4) is 0 Å². The van der Waals surface area contributed by atoms with Crippen LogP contribution in [0.4, 0.5) is 4.79 Å². The highest BCUT2D eigenvalue weighted by molar-refractivity contribution is 6.35. The number of carbonyl (C=O) groups is 1. The number of ether oxygens (including phenoxy) is 2. The number of rotatable bonds is 6. The SMILES string of the molecule is COc1ccc(CNC(=O)NCc2ccc(Cl)cc2Cl)cc1OC. The van der Waals surface area contributed by atoms with Gasteiger partial charge in [0, 0.05) is 23.1 Å². The molecule has 128 valence electrons. The first-order valence-corrected chi connectivity index (χ1v) is 7.95. The first-order valence-electron chi connectivity index (χ1n) is 7.20. The van der Waals surface area contributed by atoms with Gasteiger partial charge in [-0.1, -0.05) is 35.3 Å². The monoisotopic (exact) mass is 368 g/mol. The molecule has 0 aliphatic rings. The highest BCUT2D eigenvalue weighted by Crippen LogP contribution is 2.27. The molecular weight excluding hydrogens is 351 g/mol. The number of benzene rings is 2. The number of amides is 2.